The Hall–Kier alpha value is -1.93. The normalized spacial score (nSPS) is 12.1. The van der Waals surface area contributed by atoms with Crippen LogP contribution in [0.4, 0.5) is 0 Å². The van der Waals surface area contributed by atoms with Gasteiger partial charge < -0.3 is 5.32 Å². The molecule has 18 heavy (non-hydrogen) atoms. The summed E-state index contributed by atoms with van der Waals surface area (Å²) in [6, 6.07) is 19.3. The van der Waals surface area contributed by atoms with E-state index < -0.39 is 0 Å². The molecule has 0 saturated heterocycles. The summed E-state index contributed by atoms with van der Waals surface area (Å²) in [5.41, 5.74) is 1.92. The molecular formula is C16H17NO. The summed E-state index contributed by atoms with van der Waals surface area (Å²) in [5.74, 6) is 0.141. The minimum atomic E-state index is -0.171. The van der Waals surface area contributed by atoms with E-state index in [0.29, 0.717) is 6.42 Å². The number of carbonyl (C=O) groups excluding carboxylic acids is 1. The minimum absolute atomic E-state index is 0.141. The highest BCUT2D eigenvalue weighted by molar-refractivity contribution is 6.00. The van der Waals surface area contributed by atoms with Crippen LogP contribution in [0, 0.1) is 0 Å². The standard InChI is InChI=1S/C16H17NO/c1-17-15(12-13-8-4-2-5-9-13)16(18)14-10-6-3-7-11-14/h2-11,15,17H,12H2,1H3. The van der Waals surface area contributed by atoms with Crippen molar-refractivity contribution in [1.82, 2.24) is 5.32 Å². The van der Waals surface area contributed by atoms with Crippen LogP contribution in [0.25, 0.3) is 0 Å². The van der Waals surface area contributed by atoms with Gasteiger partial charge >= 0.3 is 0 Å². The van der Waals surface area contributed by atoms with Crippen LogP contribution in [-0.4, -0.2) is 18.9 Å². The Bertz CT molecular complexity index is 493. The third kappa shape index (κ3) is 3.05. The van der Waals surface area contributed by atoms with E-state index in [1.807, 2.05) is 67.7 Å². The minimum Gasteiger partial charge on any atom is -0.310 e. The maximum Gasteiger partial charge on any atom is 0.180 e. The zero-order valence-corrected chi connectivity index (χ0v) is 10.5. The van der Waals surface area contributed by atoms with E-state index in [1.165, 1.54) is 5.56 Å². The molecule has 2 aromatic rings. The first-order chi connectivity index (χ1) is 8.81. The van der Waals surface area contributed by atoms with Crippen molar-refractivity contribution >= 4 is 5.78 Å². The van der Waals surface area contributed by atoms with Gasteiger partial charge in [0.15, 0.2) is 5.78 Å². The van der Waals surface area contributed by atoms with Crippen LogP contribution in [0.1, 0.15) is 15.9 Å². The molecule has 1 N–H and O–H groups in total. The second-order valence-corrected chi connectivity index (χ2v) is 4.26. The Morgan fingerprint density at radius 3 is 2.11 bits per heavy atom. The molecule has 0 aliphatic rings. The molecule has 2 aromatic carbocycles. The quantitative estimate of drug-likeness (QED) is 0.813. The van der Waals surface area contributed by atoms with Crippen molar-refractivity contribution in [2.45, 2.75) is 12.5 Å². The van der Waals surface area contributed by atoms with Crippen molar-refractivity contribution in [2.75, 3.05) is 7.05 Å². The van der Waals surface area contributed by atoms with Gasteiger partial charge in [0.05, 0.1) is 6.04 Å². The first-order valence-corrected chi connectivity index (χ1v) is 6.11. The molecule has 2 heteroatoms. The van der Waals surface area contributed by atoms with Gasteiger partial charge in [-0.3, -0.25) is 4.79 Å². The van der Waals surface area contributed by atoms with Crippen molar-refractivity contribution in [3.8, 4) is 0 Å². The number of rotatable bonds is 5. The van der Waals surface area contributed by atoms with Crippen molar-refractivity contribution in [3.63, 3.8) is 0 Å². The summed E-state index contributed by atoms with van der Waals surface area (Å²) in [5, 5.41) is 3.10. The molecule has 0 fully saturated rings. The van der Waals surface area contributed by atoms with E-state index in [1.54, 1.807) is 0 Å². The zero-order chi connectivity index (χ0) is 12.8. The molecule has 0 bridgehead atoms. The van der Waals surface area contributed by atoms with Gasteiger partial charge in [-0.05, 0) is 19.0 Å². The summed E-state index contributed by atoms with van der Waals surface area (Å²) < 4.78 is 0. The second-order valence-electron chi connectivity index (χ2n) is 4.26. The van der Waals surface area contributed by atoms with Crippen LogP contribution < -0.4 is 5.32 Å². The van der Waals surface area contributed by atoms with E-state index in [0.717, 1.165) is 5.56 Å². The van der Waals surface area contributed by atoms with Gasteiger partial charge in [0.2, 0.25) is 0 Å². The monoisotopic (exact) mass is 239 g/mol. The molecule has 2 rings (SSSR count). The molecule has 0 aliphatic carbocycles. The van der Waals surface area contributed by atoms with Crippen LogP contribution in [0.3, 0.4) is 0 Å². The lowest BCUT2D eigenvalue weighted by molar-refractivity contribution is 0.0946. The Kier molecular flexibility index (Phi) is 4.26. The molecule has 0 saturated carbocycles. The average Bonchev–Trinajstić information content (AvgIpc) is 2.46. The summed E-state index contributed by atoms with van der Waals surface area (Å²) in [7, 11) is 1.83. The van der Waals surface area contributed by atoms with Crippen molar-refractivity contribution in [3.05, 3.63) is 71.8 Å². The summed E-state index contributed by atoms with van der Waals surface area (Å²) in [6.07, 6.45) is 0.713. The first-order valence-electron chi connectivity index (χ1n) is 6.11. The van der Waals surface area contributed by atoms with Gasteiger partial charge in [-0.15, -0.1) is 0 Å². The maximum atomic E-state index is 12.3. The predicted molar refractivity (Wildman–Crippen MR) is 73.8 cm³/mol. The Balaban J connectivity index is 2.12. The van der Waals surface area contributed by atoms with Gasteiger partial charge in [-0.25, -0.2) is 0 Å². The summed E-state index contributed by atoms with van der Waals surface area (Å²) in [4.78, 5) is 12.3. The molecule has 1 atom stereocenters. The molecule has 0 aliphatic heterocycles. The number of nitrogens with one attached hydrogen (secondary N) is 1. The molecule has 2 nitrogen and oxygen atoms in total. The smallest absolute Gasteiger partial charge is 0.180 e. The Morgan fingerprint density at radius 1 is 1.00 bits per heavy atom. The lowest BCUT2D eigenvalue weighted by Gasteiger charge is -2.15. The van der Waals surface area contributed by atoms with Gasteiger partial charge in [-0.1, -0.05) is 60.7 Å². The lowest BCUT2D eigenvalue weighted by Crippen LogP contribution is -2.36. The fraction of sp³-hybridized carbons (Fsp3) is 0.188. The Morgan fingerprint density at radius 2 is 1.56 bits per heavy atom. The van der Waals surface area contributed by atoms with Crippen molar-refractivity contribution in [2.24, 2.45) is 0 Å². The number of benzene rings is 2. The molecule has 0 heterocycles. The second kappa shape index (κ2) is 6.12. The maximum absolute atomic E-state index is 12.3. The largest absolute Gasteiger partial charge is 0.310 e. The van der Waals surface area contributed by atoms with Crippen LogP contribution in [-0.2, 0) is 6.42 Å². The summed E-state index contributed by atoms with van der Waals surface area (Å²) in [6.45, 7) is 0. The SMILES string of the molecule is CNC(Cc1ccccc1)C(=O)c1ccccc1. The number of likely N-dealkylation sites (N-methyl/N-ethyl adjacent to an activating group) is 1. The molecule has 0 spiro atoms. The molecule has 92 valence electrons. The molecular weight excluding hydrogens is 222 g/mol. The predicted octanol–water partition coefficient (Wildman–Crippen LogP) is 2.70. The van der Waals surface area contributed by atoms with Crippen molar-refractivity contribution < 1.29 is 4.79 Å². The third-order valence-electron chi connectivity index (χ3n) is 3.01. The van der Waals surface area contributed by atoms with E-state index in [2.05, 4.69) is 5.32 Å². The van der Waals surface area contributed by atoms with E-state index >= 15 is 0 Å². The fourth-order valence-electron chi connectivity index (χ4n) is 1.98. The number of hydrogen-bond donors (Lipinski definition) is 1. The van der Waals surface area contributed by atoms with E-state index in [-0.39, 0.29) is 11.8 Å². The lowest BCUT2D eigenvalue weighted by atomic mass is 9.98. The Labute approximate surface area is 108 Å². The zero-order valence-electron chi connectivity index (χ0n) is 10.5. The first kappa shape index (κ1) is 12.5. The third-order valence-corrected chi connectivity index (χ3v) is 3.01. The van der Waals surface area contributed by atoms with Gasteiger partial charge in [0, 0.05) is 5.56 Å². The molecule has 0 amide bonds. The van der Waals surface area contributed by atoms with Crippen LogP contribution in [0.5, 0.6) is 0 Å². The number of carbonyl (C=O) groups is 1. The number of ketones is 1. The number of Topliss-reactive ketones (excluding diaryl/α,β-unsaturated/α-hetero) is 1. The van der Waals surface area contributed by atoms with E-state index in [4.69, 9.17) is 0 Å². The highest BCUT2D eigenvalue weighted by Gasteiger charge is 2.18. The average molecular weight is 239 g/mol. The van der Waals surface area contributed by atoms with Crippen LogP contribution in [0.15, 0.2) is 60.7 Å². The molecule has 0 radical (unpaired) electrons. The van der Waals surface area contributed by atoms with Crippen LogP contribution >= 0.6 is 0 Å². The van der Waals surface area contributed by atoms with Gasteiger partial charge in [0.25, 0.3) is 0 Å². The number of hydrogen-bond acceptors (Lipinski definition) is 2. The summed E-state index contributed by atoms with van der Waals surface area (Å²) >= 11 is 0. The van der Waals surface area contributed by atoms with Gasteiger partial charge in [-0.2, -0.15) is 0 Å². The molecule has 0 aromatic heterocycles. The van der Waals surface area contributed by atoms with E-state index in [9.17, 15) is 4.79 Å². The highest BCUT2D eigenvalue weighted by Crippen LogP contribution is 2.09. The molecule has 1 unspecified atom stereocenters. The fourth-order valence-corrected chi connectivity index (χ4v) is 1.98. The topological polar surface area (TPSA) is 29.1 Å². The van der Waals surface area contributed by atoms with Gasteiger partial charge in [0.1, 0.15) is 0 Å². The van der Waals surface area contributed by atoms with Crippen molar-refractivity contribution in [1.29, 1.82) is 0 Å². The van der Waals surface area contributed by atoms with Crippen LogP contribution in [0.2, 0.25) is 0 Å². The highest BCUT2D eigenvalue weighted by atomic mass is 16.1.